The first kappa shape index (κ1) is 14.3. The van der Waals surface area contributed by atoms with Gasteiger partial charge >= 0.3 is 12.4 Å². The van der Waals surface area contributed by atoms with Crippen LogP contribution in [-0.2, 0) is 12.4 Å². The van der Waals surface area contributed by atoms with E-state index in [1.165, 1.54) is 0 Å². The Balaban J connectivity index is 3.44. The number of carbonyl (C=O) groups excluding carboxylic acids is 1. The summed E-state index contributed by atoms with van der Waals surface area (Å²) in [6, 6.07) is 0.112. The molecule has 0 saturated carbocycles. The molecule has 1 heterocycles. The van der Waals surface area contributed by atoms with Crippen LogP contribution in [0.5, 0.6) is 0 Å². The monoisotopic (exact) mass is 272 g/mol. The smallest absolute Gasteiger partial charge is 0.354 e. The van der Waals surface area contributed by atoms with Crippen LogP contribution < -0.4 is 5.32 Å². The van der Waals surface area contributed by atoms with Gasteiger partial charge in [-0.3, -0.25) is 4.79 Å². The second-order valence-electron chi connectivity index (χ2n) is 3.20. The number of hydrogen-bond acceptors (Lipinski definition) is 2. The zero-order valence-electron chi connectivity index (χ0n) is 8.78. The third kappa shape index (κ3) is 3.11. The van der Waals surface area contributed by atoms with Crippen LogP contribution in [0.4, 0.5) is 26.3 Å². The maximum Gasteiger partial charge on any atom is 0.433 e. The molecule has 9 heteroatoms. The van der Waals surface area contributed by atoms with Crippen molar-refractivity contribution in [1.29, 1.82) is 0 Å². The number of halogens is 6. The van der Waals surface area contributed by atoms with Gasteiger partial charge in [0.2, 0.25) is 0 Å². The lowest BCUT2D eigenvalue weighted by atomic mass is 10.1. The number of nitrogens with zero attached hydrogens (tertiary/aromatic N) is 1. The van der Waals surface area contributed by atoms with Gasteiger partial charge in [-0.2, -0.15) is 26.3 Å². The fourth-order valence-electron chi connectivity index (χ4n) is 1.08. The van der Waals surface area contributed by atoms with E-state index >= 15 is 0 Å². The molecular formula is C9H6F6N2O. The number of pyridine rings is 1. The molecular weight excluding hydrogens is 266 g/mol. The van der Waals surface area contributed by atoms with Crippen LogP contribution in [0, 0.1) is 0 Å². The molecule has 1 amide bonds. The molecule has 1 rings (SSSR count). The van der Waals surface area contributed by atoms with Crippen molar-refractivity contribution in [1.82, 2.24) is 10.3 Å². The summed E-state index contributed by atoms with van der Waals surface area (Å²) in [6.45, 7) is 0. The Hall–Kier alpha value is -1.80. The molecule has 0 aliphatic heterocycles. The van der Waals surface area contributed by atoms with Crippen LogP contribution in [0.1, 0.15) is 21.7 Å². The quantitative estimate of drug-likeness (QED) is 0.798. The van der Waals surface area contributed by atoms with Crippen LogP contribution in [0.15, 0.2) is 12.1 Å². The van der Waals surface area contributed by atoms with Gasteiger partial charge in [-0.15, -0.1) is 0 Å². The summed E-state index contributed by atoms with van der Waals surface area (Å²) in [5.41, 5.74) is -4.29. The topological polar surface area (TPSA) is 42.0 Å². The molecule has 1 aromatic rings. The zero-order chi connectivity index (χ0) is 14.1. The average Bonchev–Trinajstić information content (AvgIpc) is 2.25. The van der Waals surface area contributed by atoms with Gasteiger partial charge in [0, 0.05) is 7.05 Å². The van der Waals surface area contributed by atoms with Crippen LogP contribution in [0.3, 0.4) is 0 Å². The molecule has 0 radical (unpaired) electrons. The lowest BCUT2D eigenvalue weighted by Crippen LogP contribution is -2.23. The van der Waals surface area contributed by atoms with Crippen molar-refractivity contribution in [3.8, 4) is 0 Å². The first-order valence-electron chi connectivity index (χ1n) is 4.44. The van der Waals surface area contributed by atoms with Gasteiger partial charge in [-0.05, 0) is 12.1 Å². The van der Waals surface area contributed by atoms with Gasteiger partial charge in [-0.1, -0.05) is 0 Å². The third-order valence-corrected chi connectivity index (χ3v) is 1.90. The van der Waals surface area contributed by atoms with Crippen molar-refractivity contribution in [2.45, 2.75) is 12.4 Å². The molecule has 0 fully saturated rings. The minimum atomic E-state index is -5.07. The van der Waals surface area contributed by atoms with Gasteiger partial charge in [0.25, 0.3) is 5.91 Å². The summed E-state index contributed by atoms with van der Waals surface area (Å²) in [5, 5.41) is 1.90. The van der Waals surface area contributed by atoms with Gasteiger partial charge in [-0.25, -0.2) is 4.98 Å². The molecule has 1 N–H and O–H groups in total. The molecule has 0 saturated heterocycles. The molecule has 100 valence electrons. The molecule has 0 atom stereocenters. The van der Waals surface area contributed by atoms with Crippen LogP contribution in [-0.4, -0.2) is 17.9 Å². The summed E-state index contributed by atoms with van der Waals surface area (Å²) < 4.78 is 74.2. The Labute approximate surface area is 96.8 Å². The van der Waals surface area contributed by atoms with Crippen molar-refractivity contribution in [3.63, 3.8) is 0 Å². The van der Waals surface area contributed by atoms with Gasteiger partial charge < -0.3 is 5.32 Å². The van der Waals surface area contributed by atoms with Crippen molar-refractivity contribution in [2.24, 2.45) is 0 Å². The molecule has 0 unspecified atom stereocenters. The van der Waals surface area contributed by atoms with E-state index in [0.717, 1.165) is 7.05 Å². The summed E-state index contributed by atoms with van der Waals surface area (Å²) >= 11 is 0. The molecule has 1 aromatic heterocycles. The number of rotatable bonds is 1. The largest absolute Gasteiger partial charge is 0.433 e. The van der Waals surface area contributed by atoms with Gasteiger partial charge in [0.05, 0.1) is 5.56 Å². The Morgan fingerprint density at radius 1 is 1.11 bits per heavy atom. The van der Waals surface area contributed by atoms with Crippen LogP contribution >= 0.6 is 0 Å². The number of amides is 1. The van der Waals surface area contributed by atoms with E-state index in [1.807, 2.05) is 5.32 Å². The van der Waals surface area contributed by atoms with Gasteiger partial charge in [0.1, 0.15) is 11.4 Å². The Bertz CT molecular complexity index is 433. The van der Waals surface area contributed by atoms with E-state index in [4.69, 9.17) is 0 Å². The maximum atomic E-state index is 12.4. The zero-order valence-corrected chi connectivity index (χ0v) is 8.78. The van der Waals surface area contributed by atoms with Gasteiger partial charge in [0.15, 0.2) is 0 Å². The number of hydrogen-bond donors (Lipinski definition) is 1. The number of alkyl halides is 6. The number of carbonyl (C=O) groups is 1. The Morgan fingerprint density at radius 2 is 1.67 bits per heavy atom. The molecule has 3 nitrogen and oxygen atoms in total. The Morgan fingerprint density at radius 3 is 2.06 bits per heavy atom. The first-order chi connectivity index (χ1) is 8.05. The normalized spacial score (nSPS) is 12.4. The average molecular weight is 272 g/mol. The SMILES string of the molecule is CNC(=O)c1cc(C(F)(F)F)cc(C(F)(F)F)n1. The number of nitrogens with one attached hydrogen (secondary N) is 1. The summed E-state index contributed by atoms with van der Waals surface area (Å²) in [6.07, 6.45) is -10.1. The van der Waals surface area contributed by atoms with E-state index in [1.54, 1.807) is 0 Å². The highest BCUT2D eigenvalue weighted by atomic mass is 19.4. The lowest BCUT2D eigenvalue weighted by molar-refractivity contribution is -0.145. The molecule has 0 aromatic carbocycles. The minimum Gasteiger partial charge on any atom is -0.354 e. The maximum absolute atomic E-state index is 12.4. The molecule has 18 heavy (non-hydrogen) atoms. The molecule has 0 aliphatic rings. The predicted molar refractivity (Wildman–Crippen MR) is 47.6 cm³/mol. The van der Waals surface area contributed by atoms with Crippen molar-refractivity contribution in [2.75, 3.05) is 7.05 Å². The Kier molecular flexibility index (Phi) is 3.54. The second kappa shape index (κ2) is 4.46. The van der Waals surface area contributed by atoms with E-state index in [0.29, 0.717) is 0 Å². The lowest BCUT2D eigenvalue weighted by Gasteiger charge is -2.12. The summed E-state index contributed by atoms with van der Waals surface area (Å²) in [4.78, 5) is 13.9. The minimum absolute atomic E-state index is 0.146. The van der Waals surface area contributed by atoms with Crippen molar-refractivity contribution < 1.29 is 31.1 Å². The molecule has 0 spiro atoms. The standard InChI is InChI=1S/C9H6F6N2O/c1-16-7(18)5-2-4(8(10,11)12)3-6(17-5)9(13,14)15/h2-3H,1H3,(H,16,18). The van der Waals surface area contributed by atoms with Crippen molar-refractivity contribution in [3.05, 3.63) is 29.1 Å². The highest BCUT2D eigenvalue weighted by Gasteiger charge is 2.38. The number of aromatic nitrogens is 1. The predicted octanol–water partition coefficient (Wildman–Crippen LogP) is 2.48. The van der Waals surface area contributed by atoms with E-state index in [2.05, 4.69) is 4.98 Å². The van der Waals surface area contributed by atoms with Crippen molar-refractivity contribution >= 4 is 5.91 Å². The first-order valence-corrected chi connectivity index (χ1v) is 4.44. The molecule has 0 aliphatic carbocycles. The highest BCUT2D eigenvalue weighted by Crippen LogP contribution is 2.34. The fourth-order valence-corrected chi connectivity index (χ4v) is 1.08. The summed E-state index contributed by atoms with van der Waals surface area (Å²) in [5.74, 6) is -1.13. The van der Waals surface area contributed by atoms with E-state index in [-0.39, 0.29) is 12.1 Å². The van der Waals surface area contributed by atoms with Crippen LogP contribution in [0.25, 0.3) is 0 Å². The molecule has 0 bridgehead atoms. The highest BCUT2D eigenvalue weighted by molar-refractivity contribution is 5.92. The third-order valence-electron chi connectivity index (χ3n) is 1.90. The fraction of sp³-hybridized carbons (Fsp3) is 0.333. The van der Waals surface area contributed by atoms with Crippen LogP contribution in [0.2, 0.25) is 0 Å². The van der Waals surface area contributed by atoms with E-state index in [9.17, 15) is 31.1 Å². The second-order valence-corrected chi connectivity index (χ2v) is 3.20. The van der Waals surface area contributed by atoms with E-state index < -0.39 is 35.2 Å². The summed E-state index contributed by atoms with van der Waals surface area (Å²) in [7, 11) is 1.07.